The van der Waals surface area contributed by atoms with Gasteiger partial charge in [-0.1, -0.05) is 159 Å². The van der Waals surface area contributed by atoms with Crippen LogP contribution in [0.2, 0.25) is 0 Å². The molecule has 2 heteroatoms. The summed E-state index contributed by atoms with van der Waals surface area (Å²) in [5.74, 6) is 0. The molecule has 10 aromatic carbocycles. The van der Waals surface area contributed by atoms with Gasteiger partial charge in [0.1, 0.15) is 0 Å². The highest BCUT2D eigenvalue weighted by atomic mass is 15.1. The molecule has 0 unspecified atom stereocenters. The number of hydrogen-bond acceptors (Lipinski definition) is 1. The predicted molar refractivity (Wildman–Crippen MR) is 251 cm³/mol. The molecule has 0 N–H and O–H groups in total. The predicted octanol–water partition coefficient (Wildman–Crippen LogP) is 15.7. The minimum Gasteiger partial charge on any atom is -0.310 e. The van der Waals surface area contributed by atoms with Gasteiger partial charge < -0.3 is 9.47 Å². The van der Waals surface area contributed by atoms with Crippen LogP contribution in [0.5, 0.6) is 0 Å². The number of rotatable bonds is 5. The van der Waals surface area contributed by atoms with Crippen LogP contribution in [-0.4, -0.2) is 4.57 Å². The van der Waals surface area contributed by atoms with E-state index in [-0.39, 0.29) is 5.41 Å². The molecule has 1 aromatic heterocycles. The first-order valence-electron chi connectivity index (χ1n) is 20.6. The Hall–Kier alpha value is -7.42. The van der Waals surface area contributed by atoms with Crippen molar-refractivity contribution in [1.29, 1.82) is 0 Å². The second kappa shape index (κ2) is 12.8. The summed E-state index contributed by atoms with van der Waals surface area (Å²) in [7, 11) is 0. The molecular formula is C57H40N2. The van der Waals surface area contributed by atoms with Crippen molar-refractivity contribution in [2.75, 3.05) is 4.90 Å². The van der Waals surface area contributed by atoms with Gasteiger partial charge in [-0.05, 0) is 126 Å². The third-order valence-corrected chi connectivity index (χ3v) is 12.9. The van der Waals surface area contributed by atoms with Gasteiger partial charge in [-0.15, -0.1) is 0 Å². The van der Waals surface area contributed by atoms with Gasteiger partial charge in [0.25, 0.3) is 0 Å². The van der Waals surface area contributed by atoms with Gasteiger partial charge in [0, 0.05) is 38.9 Å². The Bertz CT molecular complexity index is 3400. The van der Waals surface area contributed by atoms with Crippen molar-refractivity contribution in [2.45, 2.75) is 19.3 Å². The van der Waals surface area contributed by atoms with E-state index in [1.165, 1.54) is 93.2 Å². The Balaban J connectivity index is 0.968. The highest BCUT2D eigenvalue weighted by Gasteiger charge is 2.39. The van der Waals surface area contributed by atoms with E-state index in [2.05, 4.69) is 230 Å². The maximum Gasteiger partial charge on any atom is 0.0588 e. The van der Waals surface area contributed by atoms with E-state index in [9.17, 15) is 0 Å². The van der Waals surface area contributed by atoms with E-state index in [1.807, 2.05) is 0 Å². The van der Waals surface area contributed by atoms with Gasteiger partial charge >= 0.3 is 0 Å². The highest BCUT2D eigenvalue weighted by molar-refractivity contribution is 6.13. The number of fused-ring (bicyclic) bond motifs is 10. The molecule has 0 fully saturated rings. The van der Waals surface area contributed by atoms with Gasteiger partial charge in [0.2, 0.25) is 0 Å². The lowest BCUT2D eigenvalue weighted by molar-refractivity contribution is 0.664. The molecule has 0 saturated heterocycles. The second-order valence-corrected chi connectivity index (χ2v) is 16.6. The number of hydrogen-bond donors (Lipinski definition) is 0. The summed E-state index contributed by atoms with van der Waals surface area (Å²) in [6.45, 7) is 4.83. The van der Waals surface area contributed by atoms with Crippen LogP contribution < -0.4 is 4.90 Å². The molecule has 0 amide bonds. The largest absolute Gasteiger partial charge is 0.310 e. The van der Waals surface area contributed by atoms with Crippen molar-refractivity contribution in [3.05, 3.63) is 217 Å². The van der Waals surface area contributed by atoms with Crippen LogP contribution in [0.25, 0.3) is 82.1 Å². The van der Waals surface area contributed by atoms with Crippen LogP contribution in [0.1, 0.15) is 25.0 Å². The van der Waals surface area contributed by atoms with Crippen LogP contribution in [0.3, 0.4) is 0 Å². The molecule has 59 heavy (non-hydrogen) atoms. The van der Waals surface area contributed by atoms with Crippen LogP contribution in [0.4, 0.5) is 17.1 Å². The molecule has 0 aliphatic heterocycles. The van der Waals surface area contributed by atoms with Crippen molar-refractivity contribution in [3.8, 4) is 27.9 Å². The lowest BCUT2D eigenvalue weighted by Crippen LogP contribution is -2.16. The smallest absolute Gasteiger partial charge is 0.0588 e. The summed E-state index contributed by atoms with van der Waals surface area (Å²) < 4.78 is 2.51. The highest BCUT2D eigenvalue weighted by Crippen LogP contribution is 2.54. The lowest BCUT2D eigenvalue weighted by Gasteiger charge is -2.26. The van der Waals surface area contributed by atoms with Crippen LogP contribution in [0, 0.1) is 0 Å². The van der Waals surface area contributed by atoms with Crippen molar-refractivity contribution in [1.82, 2.24) is 4.57 Å². The monoisotopic (exact) mass is 752 g/mol. The molecule has 0 atom stereocenters. The Kier molecular flexibility index (Phi) is 7.31. The molecule has 1 aliphatic rings. The average Bonchev–Trinajstić information content (AvgIpc) is 3.74. The first-order valence-corrected chi connectivity index (χ1v) is 20.6. The summed E-state index contributed by atoms with van der Waals surface area (Å²) in [6.07, 6.45) is 0. The van der Waals surface area contributed by atoms with E-state index in [4.69, 9.17) is 0 Å². The van der Waals surface area contributed by atoms with E-state index >= 15 is 0 Å². The maximum absolute atomic E-state index is 2.51. The summed E-state index contributed by atoms with van der Waals surface area (Å²) in [5.41, 5.74) is 14.7. The zero-order valence-corrected chi connectivity index (χ0v) is 33.0. The van der Waals surface area contributed by atoms with Crippen molar-refractivity contribution >= 4 is 71.2 Å². The fourth-order valence-electron chi connectivity index (χ4n) is 9.99. The fraction of sp³-hybridized carbons (Fsp3) is 0.0526. The number of nitrogens with zero attached hydrogens (tertiary/aromatic N) is 2. The van der Waals surface area contributed by atoms with Gasteiger partial charge in [-0.25, -0.2) is 0 Å². The molecular weight excluding hydrogens is 713 g/mol. The minimum absolute atomic E-state index is 0.230. The SMILES string of the molecule is CC1(C)c2cc(-c3ccc(N(c4ccc5ccccc5c4)c4ccc5ccccc5c4)cc3)ccc2-c2ccc3c4ccccc4n(-c4ccc5ccccc5c4)c3c21. The van der Waals surface area contributed by atoms with Gasteiger partial charge in [0.15, 0.2) is 0 Å². The van der Waals surface area contributed by atoms with Crippen molar-refractivity contribution in [3.63, 3.8) is 0 Å². The molecule has 12 rings (SSSR count). The van der Waals surface area contributed by atoms with Crippen LogP contribution >= 0.6 is 0 Å². The molecule has 0 saturated carbocycles. The zero-order chi connectivity index (χ0) is 39.2. The van der Waals surface area contributed by atoms with E-state index < -0.39 is 0 Å². The normalized spacial score (nSPS) is 13.1. The third kappa shape index (κ3) is 5.20. The van der Waals surface area contributed by atoms with Crippen LogP contribution in [0.15, 0.2) is 206 Å². The standard InChI is InChI=1S/C57H40N2/c1-57(2)53-36-44(40-19-25-45(26-20-40)58(46-27-21-37-11-3-6-14-41(37)33-46)47-28-22-38-12-4-7-15-42(38)34-47)24-30-49(53)51-31-32-52-50-17-9-10-18-54(50)59(56(52)55(51)57)48-29-23-39-13-5-8-16-43(39)35-48/h3-36H,1-2H3. The first kappa shape index (κ1) is 33.7. The minimum atomic E-state index is -0.230. The van der Waals surface area contributed by atoms with Crippen molar-refractivity contribution < 1.29 is 0 Å². The van der Waals surface area contributed by atoms with E-state index in [1.54, 1.807) is 0 Å². The molecule has 1 heterocycles. The van der Waals surface area contributed by atoms with Gasteiger partial charge in [0.05, 0.1) is 11.0 Å². The topological polar surface area (TPSA) is 8.17 Å². The quantitative estimate of drug-likeness (QED) is 0.170. The maximum atomic E-state index is 2.51. The number of aromatic nitrogens is 1. The molecule has 1 aliphatic carbocycles. The fourth-order valence-corrected chi connectivity index (χ4v) is 9.99. The lowest BCUT2D eigenvalue weighted by atomic mass is 9.80. The molecule has 0 bridgehead atoms. The molecule has 0 radical (unpaired) electrons. The summed E-state index contributed by atoms with van der Waals surface area (Å²) in [4.78, 5) is 2.38. The Labute approximate surface area is 343 Å². The summed E-state index contributed by atoms with van der Waals surface area (Å²) in [5, 5.41) is 10.0. The number of anilines is 3. The van der Waals surface area contributed by atoms with Crippen molar-refractivity contribution in [2.24, 2.45) is 0 Å². The number of para-hydroxylation sites is 1. The second-order valence-electron chi connectivity index (χ2n) is 16.6. The Morgan fingerprint density at radius 2 is 0.915 bits per heavy atom. The number of benzene rings is 10. The molecule has 2 nitrogen and oxygen atoms in total. The molecule has 11 aromatic rings. The third-order valence-electron chi connectivity index (χ3n) is 12.9. The van der Waals surface area contributed by atoms with Gasteiger partial charge in [-0.2, -0.15) is 0 Å². The Morgan fingerprint density at radius 1 is 0.390 bits per heavy atom. The van der Waals surface area contributed by atoms with E-state index in [0.29, 0.717) is 0 Å². The summed E-state index contributed by atoms with van der Waals surface area (Å²) >= 11 is 0. The van der Waals surface area contributed by atoms with E-state index in [0.717, 1.165) is 17.1 Å². The zero-order valence-electron chi connectivity index (χ0n) is 33.0. The first-order chi connectivity index (χ1) is 29.0. The Morgan fingerprint density at radius 3 is 1.58 bits per heavy atom. The molecule has 0 spiro atoms. The summed E-state index contributed by atoms with van der Waals surface area (Å²) in [6, 6.07) is 76.1. The average molecular weight is 753 g/mol. The van der Waals surface area contributed by atoms with Crippen LogP contribution in [-0.2, 0) is 5.41 Å². The van der Waals surface area contributed by atoms with Gasteiger partial charge in [-0.3, -0.25) is 0 Å². The molecule has 278 valence electrons.